The van der Waals surface area contributed by atoms with Gasteiger partial charge in [-0.05, 0) is 18.2 Å². The topological polar surface area (TPSA) is 113 Å². The minimum Gasteiger partial charge on any atom is -0.305 e. The molecule has 0 atom stereocenters. The van der Waals surface area contributed by atoms with E-state index >= 15 is 0 Å². The van der Waals surface area contributed by atoms with E-state index in [1.54, 1.807) is 47.1 Å². The van der Waals surface area contributed by atoms with Crippen molar-refractivity contribution in [1.82, 2.24) is 28.7 Å². The van der Waals surface area contributed by atoms with Crippen LogP contribution in [0.15, 0.2) is 66.1 Å². The molecule has 4 aromatic heterocycles. The molecule has 0 unspecified atom stereocenters. The Morgan fingerprint density at radius 2 is 1.97 bits per heavy atom. The fourth-order valence-corrected chi connectivity index (χ4v) is 3.47. The van der Waals surface area contributed by atoms with E-state index in [9.17, 15) is 14.9 Å². The van der Waals surface area contributed by atoms with Gasteiger partial charge in [0.2, 0.25) is 0 Å². The fourth-order valence-electron chi connectivity index (χ4n) is 3.30. The summed E-state index contributed by atoms with van der Waals surface area (Å²) in [4.78, 5) is 32.6. The van der Waals surface area contributed by atoms with Crippen molar-refractivity contribution in [3.8, 4) is 5.69 Å². The predicted molar refractivity (Wildman–Crippen MR) is 109 cm³/mol. The maximum atomic E-state index is 12.9. The molecule has 0 aliphatic rings. The lowest BCUT2D eigenvalue weighted by atomic mass is 10.2. The standard InChI is InChI=1S/C19H12ClN7O3/c20-12-5-6-17-23-13(9-24(17)8-12)10-25-11-21-18-14(19(25)28)7-22-26(18)15-3-1-2-4-16(15)27(29)30/h1-9,11H,10H2. The van der Waals surface area contributed by atoms with Crippen molar-refractivity contribution in [3.05, 3.63) is 92.5 Å². The molecule has 0 spiro atoms. The van der Waals surface area contributed by atoms with Crippen LogP contribution in [0.1, 0.15) is 5.69 Å². The van der Waals surface area contributed by atoms with Gasteiger partial charge in [0.05, 0.1) is 28.4 Å². The molecule has 0 N–H and O–H groups in total. The number of aromatic nitrogens is 6. The third-order valence-corrected chi connectivity index (χ3v) is 4.88. The molecular formula is C19H12ClN7O3. The number of nitrogens with zero attached hydrogens (tertiary/aromatic N) is 7. The summed E-state index contributed by atoms with van der Waals surface area (Å²) in [6, 6.07) is 9.68. The van der Waals surface area contributed by atoms with Crippen LogP contribution in [0.5, 0.6) is 0 Å². The van der Waals surface area contributed by atoms with Crippen LogP contribution < -0.4 is 5.56 Å². The first-order chi connectivity index (χ1) is 14.5. The molecule has 1 aromatic carbocycles. The monoisotopic (exact) mass is 421 g/mol. The van der Waals surface area contributed by atoms with Gasteiger partial charge < -0.3 is 4.40 Å². The number of nitro groups is 1. The lowest BCUT2D eigenvalue weighted by Crippen LogP contribution is -2.21. The minimum absolute atomic E-state index is 0.128. The Balaban J connectivity index is 1.57. The molecule has 0 bridgehead atoms. The molecular weight excluding hydrogens is 410 g/mol. The van der Waals surface area contributed by atoms with E-state index in [0.717, 1.165) is 0 Å². The van der Waals surface area contributed by atoms with Gasteiger partial charge in [-0.3, -0.25) is 19.5 Å². The number of hydrogen-bond donors (Lipinski definition) is 0. The van der Waals surface area contributed by atoms with Crippen LogP contribution in [-0.2, 0) is 6.54 Å². The maximum Gasteiger partial charge on any atom is 0.294 e. The van der Waals surface area contributed by atoms with Crippen molar-refractivity contribution in [1.29, 1.82) is 0 Å². The average molecular weight is 422 g/mol. The number of benzene rings is 1. The Labute approximate surface area is 172 Å². The smallest absolute Gasteiger partial charge is 0.294 e. The second kappa shape index (κ2) is 6.78. The summed E-state index contributed by atoms with van der Waals surface area (Å²) in [5.41, 5.74) is 1.40. The molecule has 0 saturated heterocycles. The molecule has 0 aliphatic carbocycles. The average Bonchev–Trinajstić information content (AvgIpc) is 3.33. The minimum atomic E-state index is -0.500. The zero-order valence-electron chi connectivity index (χ0n) is 15.2. The Hall–Kier alpha value is -4.05. The zero-order chi connectivity index (χ0) is 20.8. The highest BCUT2D eigenvalue weighted by Gasteiger charge is 2.19. The number of fused-ring (bicyclic) bond motifs is 2. The third kappa shape index (κ3) is 2.90. The molecule has 148 valence electrons. The van der Waals surface area contributed by atoms with Crippen LogP contribution in [0.3, 0.4) is 0 Å². The first kappa shape index (κ1) is 18.0. The predicted octanol–water partition coefficient (Wildman–Crippen LogP) is 2.84. The van der Waals surface area contributed by atoms with E-state index in [4.69, 9.17) is 11.6 Å². The van der Waals surface area contributed by atoms with Crippen molar-refractivity contribution in [3.63, 3.8) is 0 Å². The molecule has 0 saturated carbocycles. The summed E-state index contributed by atoms with van der Waals surface area (Å²) in [5, 5.41) is 16.3. The number of hydrogen-bond acceptors (Lipinski definition) is 6. The number of pyridine rings is 1. The van der Waals surface area contributed by atoms with E-state index in [-0.39, 0.29) is 34.5 Å². The van der Waals surface area contributed by atoms with E-state index in [2.05, 4.69) is 15.1 Å². The highest BCUT2D eigenvalue weighted by Crippen LogP contribution is 2.24. The Kier molecular flexibility index (Phi) is 4.07. The van der Waals surface area contributed by atoms with Gasteiger partial charge in [0.1, 0.15) is 23.0 Å². The molecule has 0 amide bonds. The van der Waals surface area contributed by atoms with Crippen LogP contribution in [0, 0.1) is 10.1 Å². The lowest BCUT2D eigenvalue weighted by Gasteiger charge is -2.05. The van der Waals surface area contributed by atoms with Gasteiger partial charge in [-0.1, -0.05) is 23.7 Å². The van der Waals surface area contributed by atoms with Crippen molar-refractivity contribution in [2.45, 2.75) is 6.54 Å². The van der Waals surface area contributed by atoms with Gasteiger partial charge in [-0.25, -0.2) is 14.6 Å². The molecule has 30 heavy (non-hydrogen) atoms. The SMILES string of the molecule is O=c1c2cnn(-c3ccccc3[N+](=O)[O-])c2ncn1Cc1cn2cc(Cl)ccc2n1. The highest BCUT2D eigenvalue weighted by atomic mass is 35.5. The molecule has 0 radical (unpaired) electrons. The third-order valence-electron chi connectivity index (χ3n) is 4.66. The lowest BCUT2D eigenvalue weighted by molar-refractivity contribution is -0.384. The first-order valence-electron chi connectivity index (χ1n) is 8.81. The number of halogens is 1. The van der Waals surface area contributed by atoms with Crippen molar-refractivity contribution in [2.24, 2.45) is 0 Å². The van der Waals surface area contributed by atoms with Crippen molar-refractivity contribution < 1.29 is 4.92 Å². The number of para-hydroxylation sites is 2. The quantitative estimate of drug-likeness (QED) is 0.325. The molecule has 5 aromatic rings. The van der Waals surface area contributed by atoms with E-state index in [1.807, 2.05) is 0 Å². The van der Waals surface area contributed by atoms with Gasteiger partial charge >= 0.3 is 0 Å². The Bertz CT molecular complexity index is 1500. The summed E-state index contributed by atoms with van der Waals surface area (Å²) >= 11 is 6.00. The van der Waals surface area contributed by atoms with E-state index in [1.165, 1.54) is 27.8 Å². The zero-order valence-corrected chi connectivity index (χ0v) is 16.0. The van der Waals surface area contributed by atoms with Gasteiger partial charge in [0, 0.05) is 18.5 Å². The van der Waals surface area contributed by atoms with Crippen LogP contribution in [0.25, 0.3) is 22.4 Å². The Morgan fingerprint density at radius 3 is 2.80 bits per heavy atom. The van der Waals surface area contributed by atoms with Crippen LogP contribution in [0.2, 0.25) is 5.02 Å². The summed E-state index contributed by atoms with van der Waals surface area (Å²) in [5.74, 6) is 0. The summed E-state index contributed by atoms with van der Waals surface area (Å²) in [6.07, 6.45) is 6.26. The van der Waals surface area contributed by atoms with Crippen molar-refractivity contribution in [2.75, 3.05) is 0 Å². The van der Waals surface area contributed by atoms with Crippen LogP contribution >= 0.6 is 11.6 Å². The van der Waals surface area contributed by atoms with Crippen LogP contribution in [0.4, 0.5) is 5.69 Å². The number of imidazole rings is 1. The summed E-state index contributed by atoms with van der Waals surface area (Å²) in [6.45, 7) is 0.206. The fraction of sp³-hybridized carbons (Fsp3) is 0.0526. The van der Waals surface area contributed by atoms with Crippen LogP contribution in [-0.4, -0.2) is 33.6 Å². The second-order valence-electron chi connectivity index (χ2n) is 6.56. The second-order valence-corrected chi connectivity index (χ2v) is 7.00. The number of rotatable bonds is 4. The molecule has 0 fully saturated rings. The largest absolute Gasteiger partial charge is 0.305 e. The summed E-state index contributed by atoms with van der Waals surface area (Å²) < 4.78 is 4.49. The Morgan fingerprint density at radius 1 is 1.13 bits per heavy atom. The highest BCUT2D eigenvalue weighted by molar-refractivity contribution is 6.30. The molecule has 11 heteroatoms. The number of nitro benzene ring substituents is 1. The van der Waals surface area contributed by atoms with Gasteiger partial charge in [-0.15, -0.1) is 0 Å². The van der Waals surface area contributed by atoms with Crippen molar-refractivity contribution >= 4 is 34.0 Å². The molecule has 10 nitrogen and oxygen atoms in total. The molecule has 0 aliphatic heterocycles. The van der Waals surface area contributed by atoms with E-state index in [0.29, 0.717) is 16.4 Å². The van der Waals surface area contributed by atoms with Gasteiger partial charge in [0.15, 0.2) is 5.65 Å². The normalized spacial score (nSPS) is 11.4. The van der Waals surface area contributed by atoms with E-state index < -0.39 is 4.92 Å². The first-order valence-corrected chi connectivity index (χ1v) is 9.19. The maximum absolute atomic E-state index is 12.9. The van der Waals surface area contributed by atoms with Gasteiger partial charge in [0.25, 0.3) is 11.2 Å². The summed E-state index contributed by atoms with van der Waals surface area (Å²) in [7, 11) is 0. The molecule has 4 heterocycles. The van der Waals surface area contributed by atoms with Gasteiger partial charge in [-0.2, -0.15) is 5.10 Å². The molecule has 5 rings (SSSR count).